The molecule has 2 fully saturated rings. The van der Waals surface area contributed by atoms with Crippen LogP contribution in [-0.2, 0) is 9.59 Å². The number of rotatable bonds is 5. The third-order valence-electron chi connectivity index (χ3n) is 5.36. The molecule has 0 aromatic heterocycles. The molecule has 0 radical (unpaired) electrons. The van der Waals surface area contributed by atoms with Crippen LogP contribution in [-0.4, -0.2) is 17.9 Å². The second-order valence-corrected chi connectivity index (χ2v) is 7.51. The van der Waals surface area contributed by atoms with E-state index in [0.29, 0.717) is 0 Å². The highest BCUT2D eigenvalue weighted by Crippen LogP contribution is 2.40. The van der Waals surface area contributed by atoms with Gasteiger partial charge in [-0.05, 0) is 42.4 Å². The number of nitrogens with one attached hydrogen (secondary N) is 3. The second-order valence-electron chi connectivity index (χ2n) is 7.51. The van der Waals surface area contributed by atoms with Crippen molar-refractivity contribution in [3.63, 3.8) is 0 Å². The van der Waals surface area contributed by atoms with Crippen molar-refractivity contribution in [2.45, 2.75) is 50.4 Å². The Labute approximate surface area is 159 Å². The Balaban J connectivity index is 1.39. The highest BCUT2D eigenvalue weighted by molar-refractivity contribution is 5.89. The van der Waals surface area contributed by atoms with Crippen LogP contribution in [0.15, 0.2) is 54.6 Å². The normalized spacial score (nSPS) is 23.4. The van der Waals surface area contributed by atoms with Crippen LogP contribution in [0.5, 0.6) is 0 Å². The number of benzene rings is 2. The molecule has 2 aliphatic rings. The average molecular weight is 363 g/mol. The molecule has 4 rings (SSSR count). The maximum absolute atomic E-state index is 12.7. The average Bonchev–Trinajstić information content (AvgIpc) is 3.53. The first-order valence-corrected chi connectivity index (χ1v) is 9.61. The van der Waals surface area contributed by atoms with Crippen molar-refractivity contribution in [3.8, 4) is 0 Å². The van der Waals surface area contributed by atoms with E-state index >= 15 is 0 Å². The Hall–Kier alpha value is -2.66. The fourth-order valence-electron chi connectivity index (χ4n) is 3.57. The van der Waals surface area contributed by atoms with E-state index in [1.807, 2.05) is 37.3 Å². The Kier molecular flexibility index (Phi) is 4.94. The van der Waals surface area contributed by atoms with Crippen LogP contribution in [0.25, 0.3) is 0 Å². The lowest BCUT2D eigenvalue weighted by Crippen LogP contribution is -2.56. The summed E-state index contributed by atoms with van der Waals surface area (Å²) in [7, 11) is 0. The fourth-order valence-corrected chi connectivity index (χ4v) is 3.57. The lowest BCUT2D eigenvalue weighted by atomic mass is 10.0. The molecule has 0 spiro atoms. The van der Waals surface area contributed by atoms with Gasteiger partial charge >= 0.3 is 0 Å². The zero-order valence-corrected chi connectivity index (χ0v) is 15.4. The molecule has 3 unspecified atom stereocenters. The second kappa shape index (κ2) is 7.53. The van der Waals surface area contributed by atoms with E-state index in [-0.39, 0.29) is 30.4 Å². The topological polar surface area (TPSA) is 70.2 Å². The zero-order chi connectivity index (χ0) is 18.8. The first-order valence-electron chi connectivity index (χ1n) is 9.61. The molecular formula is C22H25N3O2. The van der Waals surface area contributed by atoms with E-state index in [0.717, 1.165) is 17.0 Å². The number of amides is 2. The van der Waals surface area contributed by atoms with Gasteiger partial charge in [0.1, 0.15) is 6.17 Å². The Morgan fingerprint density at radius 2 is 1.74 bits per heavy atom. The van der Waals surface area contributed by atoms with Gasteiger partial charge in [-0.25, -0.2) is 0 Å². The highest BCUT2D eigenvalue weighted by Gasteiger charge is 2.32. The molecule has 1 saturated carbocycles. The van der Waals surface area contributed by atoms with Gasteiger partial charge in [0.15, 0.2) is 0 Å². The lowest BCUT2D eigenvalue weighted by Gasteiger charge is -2.31. The molecule has 2 aromatic carbocycles. The summed E-state index contributed by atoms with van der Waals surface area (Å²) in [5.41, 5.74) is 3.40. The smallest absolute Gasteiger partial charge is 0.238 e. The van der Waals surface area contributed by atoms with Gasteiger partial charge in [-0.1, -0.05) is 54.6 Å². The van der Waals surface area contributed by atoms with Crippen molar-refractivity contribution >= 4 is 11.8 Å². The Morgan fingerprint density at radius 1 is 1.04 bits per heavy atom. The van der Waals surface area contributed by atoms with E-state index in [1.165, 1.54) is 18.4 Å². The van der Waals surface area contributed by atoms with Gasteiger partial charge in [-0.3, -0.25) is 14.9 Å². The van der Waals surface area contributed by atoms with Crippen LogP contribution >= 0.6 is 0 Å². The summed E-state index contributed by atoms with van der Waals surface area (Å²) in [6.45, 7) is 1.97. The molecule has 1 heterocycles. The third kappa shape index (κ3) is 4.19. The summed E-state index contributed by atoms with van der Waals surface area (Å²) in [5, 5.41) is 9.18. The summed E-state index contributed by atoms with van der Waals surface area (Å²) in [6, 6.07) is 17.5. The molecule has 2 aromatic rings. The predicted molar refractivity (Wildman–Crippen MR) is 104 cm³/mol. The van der Waals surface area contributed by atoms with Gasteiger partial charge in [-0.2, -0.15) is 0 Å². The standard InChI is InChI=1S/C22H25N3O2/c1-14(15-7-9-16(10-8-15)17-11-12-17)23-22(27)19-13-20(26)25-21(24-19)18-5-3-2-4-6-18/h2-10,14,17,19,21,24H,11-13H2,1H3,(H,23,27)(H,25,26). The predicted octanol–water partition coefficient (Wildman–Crippen LogP) is 2.92. The van der Waals surface area contributed by atoms with Gasteiger partial charge in [0.2, 0.25) is 11.8 Å². The largest absolute Gasteiger partial charge is 0.348 e. The minimum atomic E-state index is -0.544. The van der Waals surface area contributed by atoms with Crippen LogP contribution in [0.3, 0.4) is 0 Å². The number of hydrogen-bond acceptors (Lipinski definition) is 3. The third-order valence-corrected chi connectivity index (χ3v) is 5.36. The molecule has 1 aliphatic carbocycles. The van der Waals surface area contributed by atoms with Gasteiger partial charge in [0.05, 0.1) is 18.5 Å². The van der Waals surface area contributed by atoms with Crippen molar-refractivity contribution in [2.75, 3.05) is 0 Å². The van der Waals surface area contributed by atoms with E-state index < -0.39 is 6.04 Å². The van der Waals surface area contributed by atoms with Crippen LogP contribution in [0.4, 0.5) is 0 Å². The maximum Gasteiger partial charge on any atom is 0.238 e. The van der Waals surface area contributed by atoms with E-state index in [1.54, 1.807) is 0 Å². The maximum atomic E-state index is 12.7. The SMILES string of the molecule is CC(NC(=O)C1CC(=O)NC(c2ccccc2)N1)c1ccc(C2CC2)cc1. The van der Waals surface area contributed by atoms with E-state index in [9.17, 15) is 9.59 Å². The molecule has 27 heavy (non-hydrogen) atoms. The minimum absolute atomic E-state index is 0.104. The van der Waals surface area contributed by atoms with Gasteiger partial charge in [0, 0.05) is 0 Å². The first-order chi connectivity index (χ1) is 13.1. The number of hydrogen-bond donors (Lipinski definition) is 3. The monoisotopic (exact) mass is 363 g/mol. The molecule has 5 heteroatoms. The molecular weight excluding hydrogens is 338 g/mol. The van der Waals surface area contributed by atoms with E-state index in [4.69, 9.17) is 0 Å². The summed E-state index contributed by atoms with van der Waals surface area (Å²) < 4.78 is 0. The Bertz CT molecular complexity index is 815. The van der Waals surface area contributed by atoms with Crippen molar-refractivity contribution in [1.82, 2.24) is 16.0 Å². The van der Waals surface area contributed by atoms with Crippen molar-refractivity contribution < 1.29 is 9.59 Å². The van der Waals surface area contributed by atoms with Crippen LogP contribution in [0, 0.1) is 0 Å². The van der Waals surface area contributed by atoms with Crippen molar-refractivity contribution in [2.24, 2.45) is 0 Å². The van der Waals surface area contributed by atoms with Crippen LogP contribution < -0.4 is 16.0 Å². The van der Waals surface area contributed by atoms with Crippen molar-refractivity contribution in [3.05, 3.63) is 71.3 Å². The first kappa shape index (κ1) is 17.7. The molecule has 0 bridgehead atoms. The summed E-state index contributed by atoms with van der Waals surface area (Å²) in [6.07, 6.45) is 2.35. The molecule has 2 amide bonds. The number of carbonyl (C=O) groups excluding carboxylic acids is 2. The molecule has 5 nitrogen and oxygen atoms in total. The number of carbonyl (C=O) groups is 2. The highest BCUT2D eigenvalue weighted by atomic mass is 16.2. The summed E-state index contributed by atoms with van der Waals surface area (Å²) in [4.78, 5) is 24.8. The molecule has 1 aliphatic heterocycles. The van der Waals surface area contributed by atoms with Crippen molar-refractivity contribution in [1.29, 1.82) is 0 Å². The lowest BCUT2D eigenvalue weighted by molar-refractivity contribution is -0.132. The van der Waals surface area contributed by atoms with Crippen LogP contribution in [0.2, 0.25) is 0 Å². The molecule has 3 N–H and O–H groups in total. The zero-order valence-electron chi connectivity index (χ0n) is 15.4. The fraction of sp³-hybridized carbons (Fsp3) is 0.364. The van der Waals surface area contributed by atoms with Gasteiger partial charge in [0.25, 0.3) is 0 Å². The quantitative estimate of drug-likeness (QED) is 0.765. The van der Waals surface area contributed by atoms with Gasteiger partial charge in [-0.15, -0.1) is 0 Å². The summed E-state index contributed by atoms with van der Waals surface area (Å²) >= 11 is 0. The Morgan fingerprint density at radius 3 is 2.41 bits per heavy atom. The molecule has 3 atom stereocenters. The van der Waals surface area contributed by atoms with Crippen LogP contribution in [0.1, 0.15) is 61.0 Å². The summed E-state index contributed by atoms with van der Waals surface area (Å²) in [5.74, 6) is 0.456. The van der Waals surface area contributed by atoms with E-state index in [2.05, 4.69) is 40.2 Å². The minimum Gasteiger partial charge on any atom is -0.348 e. The molecule has 1 saturated heterocycles. The molecule has 140 valence electrons. The van der Waals surface area contributed by atoms with Gasteiger partial charge < -0.3 is 10.6 Å².